The number of oxazole rings is 1. The van der Waals surface area contributed by atoms with Gasteiger partial charge in [-0.1, -0.05) is 39.0 Å². The SMILES string of the molecule is Cc1ccc2nc(-c3ccc(NC(=O)C(C)(C)Oc4ccc(C(C)(C)C)cc4)cc3)oc2c1. The first-order valence-corrected chi connectivity index (χ1v) is 11.1. The Morgan fingerprint density at radius 1 is 0.909 bits per heavy atom. The zero-order valence-electron chi connectivity index (χ0n) is 20.0. The number of carbonyl (C=O) groups excluding carboxylic acids is 1. The number of anilines is 1. The van der Waals surface area contributed by atoms with Crippen LogP contribution < -0.4 is 10.1 Å². The summed E-state index contributed by atoms with van der Waals surface area (Å²) in [6, 6.07) is 21.3. The lowest BCUT2D eigenvalue weighted by molar-refractivity contribution is -0.128. The lowest BCUT2D eigenvalue weighted by atomic mass is 9.87. The topological polar surface area (TPSA) is 64.4 Å². The normalized spacial score (nSPS) is 12.1. The maximum atomic E-state index is 12.9. The standard InChI is InChI=1S/C28H30N2O3/c1-18-7-16-23-24(17-18)32-25(30-23)19-8-12-21(13-9-19)29-26(31)28(5,6)33-22-14-10-20(11-15-22)27(2,3)4/h7-17H,1-6H3,(H,29,31). The summed E-state index contributed by atoms with van der Waals surface area (Å²) in [4.78, 5) is 17.4. The van der Waals surface area contributed by atoms with Crippen LogP contribution in [-0.4, -0.2) is 16.5 Å². The van der Waals surface area contributed by atoms with Gasteiger partial charge in [0.05, 0.1) is 0 Å². The molecule has 0 aliphatic carbocycles. The molecule has 3 aromatic carbocycles. The van der Waals surface area contributed by atoms with Gasteiger partial charge in [-0.15, -0.1) is 0 Å². The third-order valence-electron chi connectivity index (χ3n) is 5.57. The van der Waals surface area contributed by atoms with Gasteiger partial charge in [0.15, 0.2) is 11.2 Å². The maximum Gasteiger partial charge on any atom is 0.267 e. The van der Waals surface area contributed by atoms with Gasteiger partial charge in [0.2, 0.25) is 5.89 Å². The van der Waals surface area contributed by atoms with Gasteiger partial charge in [-0.05, 0) is 85.8 Å². The summed E-state index contributed by atoms with van der Waals surface area (Å²) in [7, 11) is 0. The van der Waals surface area contributed by atoms with Crippen LogP contribution in [0.1, 0.15) is 45.7 Å². The summed E-state index contributed by atoms with van der Waals surface area (Å²) in [5.74, 6) is 0.980. The first-order valence-electron chi connectivity index (χ1n) is 11.1. The summed E-state index contributed by atoms with van der Waals surface area (Å²) in [6.45, 7) is 12.0. The van der Waals surface area contributed by atoms with Crippen LogP contribution in [0.4, 0.5) is 5.69 Å². The van der Waals surface area contributed by atoms with E-state index < -0.39 is 5.60 Å². The van der Waals surface area contributed by atoms with Crippen LogP contribution in [0.2, 0.25) is 0 Å². The van der Waals surface area contributed by atoms with Crippen LogP contribution in [0.25, 0.3) is 22.6 Å². The van der Waals surface area contributed by atoms with E-state index in [2.05, 4.69) is 31.1 Å². The number of hydrogen-bond acceptors (Lipinski definition) is 4. The monoisotopic (exact) mass is 442 g/mol. The summed E-state index contributed by atoms with van der Waals surface area (Å²) >= 11 is 0. The zero-order valence-corrected chi connectivity index (χ0v) is 20.0. The van der Waals surface area contributed by atoms with Crippen LogP contribution in [0.3, 0.4) is 0 Å². The van der Waals surface area contributed by atoms with Gasteiger partial charge in [0.25, 0.3) is 5.91 Å². The summed E-state index contributed by atoms with van der Waals surface area (Å²) < 4.78 is 11.9. The minimum absolute atomic E-state index is 0.0639. The Hall–Kier alpha value is -3.60. The van der Waals surface area contributed by atoms with E-state index in [0.29, 0.717) is 17.3 Å². The molecule has 0 radical (unpaired) electrons. The van der Waals surface area contributed by atoms with Gasteiger partial charge in [0, 0.05) is 11.3 Å². The Morgan fingerprint density at radius 2 is 1.58 bits per heavy atom. The highest BCUT2D eigenvalue weighted by atomic mass is 16.5. The molecule has 170 valence electrons. The van der Waals surface area contributed by atoms with Crippen molar-refractivity contribution in [2.45, 2.75) is 52.6 Å². The molecule has 0 fully saturated rings. The lowest BCUT2D eigenvalue weighted by Gasteiger charge is -2.26. The Morgan fingerprint density at radius 3 is 2.21 bits per heavy atom. The van der Waals surface area contributed by atoms with Crippen molar-refractivity contribution in [3.8, 4) is 17.2 Å². The summed E-state index contributed by atoms with van der Waals surface area (Å²) in [5, 5.41) is 2.94. The van der Waals surface area contributed by atoms with Crippen molar-refractivity contribution >= 4 is 22.7 Å². The summed E-state index contributed by atoms with van der Waals surface area (Å²) in [5.41, 5.74) is 4.46. The third kappa shape index (κ3) is 5.08. The van der Waals surface area contributed by atoms with Gasteiger partial charge >= 0.3 is 0 Å². The summed E-state index contributed by atoms with van der Waals surface area (Å²) in [6.07, 6.45) is 0. The quantitative estimate of drug-likeness (QED) is 0.365. The fourth-order valence-electron chi connectivity index (χ4n) is 3.50. The first kappa shape index (κ1) is 22.6. The fraction of sp³-hybridized carbons (Fsp3) is 0.286. The Kier molecular flexibility index (Phi) is 5.75. The minimum Gasteiger partial charge on any atom is -0.478 e. The van der Waals surface area contributed by atoms with Crippen LogP contribution in [0.5, 0.6) is 5.75 Å². The Bertz CT molecular complexity index is 1280. The molecule has 0 aliphatic rings. The second kappa shape index (κ2) is 8.39. The molecule has 0 atom stereocenters. The largest absolute Gasteiger partial charge is 0.478 e. The van der Waals surface area contributed by atoms with Gasteiger partial charge in [-0.25, -0.2) is 4.98 Å². The van der Waals surface area contributed by atoms with Gasteiger partial charge in [-0.3, -0.25) is 4.79 Å². The van der Waals surface area contributed by atoms with Crippen LogP contribution in [0, 0.1) is 6.92 Å². The molecular weight excluding hydrogens is 412 g/mol. The molecule has 33 heavy (non-hydrogen) atoms. The van der Waals surface area contributed by atoms with Crippen molar-refractivity contribution in [1.82, 2.24) is 4.98 Å². The highest BCUT2D eigenvalue weighted by molar-refractivity contribution is 5.97. The van der Waals surface area contributed by atoms with Crippen LogP contribution in [0.15, 0.2) is 71.1 Å². The number of nitrogens with zero attached hydrogens (tertiary/aromatic N) is 1. The van der Waals surface area contributed by atoms with Gasteiger partial charge in [0.1, 0.15) is 11.3 Å². The van der Waals surface area contributed by atoms with Crippen molar-refractivity contribution in [1.29, 1.82) is 0 Å². The number of hydrogen-bond donors (Lipinski definition) is 1. The number of aromatic nitrogens is 1. The number of amides is 1. The van der Waals surface area contributed by atoms with E-state index in [0.717, 1.165) is 22.2 Å². The van der Waals surface area contributed by atoms with Crippen molar-refractivity contribution in [2.75, 3.05) is 5.32 Å². The van der Waals surface area contributed by atoms with Crippen molar-refractivity contribution in [3.05, 3.63) is 77.9 Å². The Labute approximate surface area is 194 Å². The highest BCUT2D eigenvalue weighted by Crippen LogP contribution is 2.28. The molecule has 0 saturated carbocycles. The molecule has 0 bridgehead atoms. The van der Waals surface area contributed by atoms with Gasteiger partial charge < -0.3 is 14.5 Å². The number of fused-ring (bicyclic) bond motifs is 1. The third-order valence-corrected chi connectivity index (χ3v) is 5.57. The molecule has 1 heterocycles. The van der Waals surface area contributed by atoms with E-state index in [1.165, 1.54) is 5.56 Å². The number of ether oxygens (including phenoxy) is 1. The number of benzene rings is 3. The van der Waals surface area contributed by atoms with Crippen LogP contribution >= 0.6 is 0 Å². The Balaban J connectivity index is 1.43. The first-order chi connectivity index (χ1) is 15.5. The second-order valence-corrected chi connectivity index (χ2v) is 9.91. The predicted molar refractivity (Wildman–Crippen MR) is 133 cm³/mol. The number of aryl methyl sites for hydroxylation is 1. The smallest absolute Gasteiger partial charge is 0.267 e. The highest BCUT2D eigenvalue weighted by Gasteiger charge is 2.30. The van der Waals surface area contributed by atoms with Crippen LogP contribution in [-0.2, 0) is 10.2 Å². The molecular formula is C28H30N2O3. The molecule has 4 aromatic rings. The minimum atomic E-state index is -1.04. The molecule has 0 aliphatic heterocycles. The van der Waals surface area contributed by atoms with E-state index in [9.17, 15) is 4.79 Å². The molecule has 4 rings (SSSR count). The lowest BCUT2D eigenvalue weighted by Crippen LogP contribution is -2.42. The average Bonchev–Trinajstić information content (AvgIpc) is 3.17. The predicted octanol–water partition coefficient (Wildman–Crippen LogP) is 6.90. The van der Waals surface area contributed by atoms with Crippen molar-refractivity contribution in [3.63, 3.8) is 0 Å². The van der Waals surface area contributed by atoms with Crippen molar-refractivity contribution < 1.29 is 13.9 Å². The second-order valence-electron chi connectivity index (χ2n) is 9.91. The van der Waals surface area contributed by atoms with E-state index in [1.807, 2.05) is 73.7 Å². The zero-order chi connectivity index (χ0) is 23.8. The average molecular weight is 443 g/mol. The van der Waals surface area contributed by atoms with E-state index >= 15 is 0 Å². The number of carbonyl (C=O) groups is 1. The van der Waals surface area contributed by atoms with Gasteiger partial charge in [-0.2, -0.15) is 0 Å². The molecule has 1 aromatic heterocycles. The molecule has 0 unspecified atom stereocenters. The maximum absolute atomic E-state index is 12.9. The van der Waals surface area contributed by atoms with E-state index in [4.69, 9.17) is 9.15 Å². The van der Waals surface area contributed by atoms with Crippen molar-refractivity contribution in [2.24, 2.45) is 0 Å². The number of nitrogens with one attached hydrogen (secondary N) is 1. The van der Waals surface area contributed by atoms with E-state index in [-0.39, 0.29) is 11.3 Å². The fourth-order valence-corrected chi connectivity index (χ4v) is 3.50. The number of rotatable bonds is 5. The molecule has 0 spiro atoms. The molecule has 5 heteroatoms. The molecule has 1 N–H and O–H groups in total. The molecule has 5 nitrogen and oxygen atoms in total. The molecule has 0 saturated heterocycles. The molecule has 1 amide bonds. The van der Waals surface area contributed by atoms with E-state index in [1.54, 1.807) is 13.8 Å².